The average Bonchev–Trinajstić information content (AvgIpc) is 2.86. The van der Waals surface area contributed by atoms with Gasteiger partial charge in [0, 0.05) is 5.69 Å². The first-order valence-corrected chi connectivity index (χ1v) is 8.43. The molecule has 0 saturated carbocycles. The molecular formula is C20H22N2O3. The van der Waals surface area contributed by atoms with Crippen molar-refractivity contribution >= 4 is 23.2 Å². The first-order valence-electron chi connectivity index (χ1n) is 8.43. The maximum Gasteiger partial charge on any atom is 0.256 e. The molecule has 0 unspecified atom stereocenters. The van der Waals surface area contributed by atoms with Crippen LogP contribution < -0.4 is 15.0 Å². The largest absolute Gasteiger partial charge is 0.494 e. The first kappa shape index (κ1) is 17.0. The Kier molecular flexibility index (Phi) is 4.74. The quantitative estimate of drug-likeness (QED) is 0.849. The van der Waals surface area contributed by atoms with Crippen molar-refractivity contribution in [3.05, 3.63) is 53.6 Å². The van der Waals surface area contributed by atoms with E-state index in [1.807, 2.05) is 63.2 Å². The molecule has 2 amide bonds. The molecule has 0 aromatic heterocycles. The normalized spacial score (nSPS) is 17.1. The number of amides is 2. The van der Waals surface area contributed by atoms with Crippen LogP contribution in [0.15, 0.2) is 42.5 Å². The summed E-state index contributed by atoms with van der Waals surface area (Å²) in [4.78, 5) is 26.5. The lowest BCUT2D eigenvalue weighted by molar-refractivity contribution is -0.121. The van der Waals surface area contributed by atoms with E-state index in [2.05, 4.69) is 5.32 Å². The number of aryl methyl sites for hydroxylation is 2. The second-order valence-corrected chi connectivity index (χ2v) is 6.22. The highest BCUT2D eigenvalue weighted by molar-refractivity contribution is 6.23. The van der Waals surface area contributed by atoms with Gasteiger partial charge in [-0.2, -0.15) is 0 Å². The van der Waals surface area contributed by atoms with Crippen LogP contribution in [0.5, 0.6) is 5.75 Å². The minimum atomic E-state index is -0.551. The molecule has 1 N–H and O–H groups in total. The Balaban J connectivity index is 1.78. The predicted molar refractivity (Wildman–Crippen MR) is 98.0 cm³/mol. The molecule has 1 atom stereocenters. The summed E-state index contributed by atoms with van der Waals surface area (Å²) in [6.45, 7) is 6.39. The minimum absolute atomic E-state index is 0.152. The Morgan fingerprint density at radius 1 is 1.12 bits per heavy atom. The fourth-order valence-electron chi connectivity index (χ4n) is 2.97. The SMILES string of the molecule is CCOc1ccc(N[C@H]2CC(=O)N(c3cc(C)ccc3C)C2=O)cc1. The molecule has 0 spiro atoms. The van der Waals surface area contributed by atoms with Crippen LogP contribution in [-0.2, 0) is 9.59 Å². The maximum absolute atomic E-state index is 12.8. The predicted octanol–water partition coefficient (Wildman–Crippen LogP) is 3.45. The maximum atomic E-state index is 12.8. The number of anilines is 2. The Hall–Kier alpha value is -2.82. The van der Waals surface area contributed by atoms with Gasteiger partial charge in [0.05, 0.1) is 18.7 Å². The van der Waals surface area contributed by atoms with E-state index in [9.17, 15) is 9.59 Å². The molecule has 1 heterocycles. The summed E-state index contributed by atoms with van der Waals surface area (Å²) in [5.74, 6) is 0.383. The van der Waals surface area contributed by atoms with E-state index < -0.39 is 6.04 Å². The molecule has 0 aliphatic carbocycles. The van der Waals surface area contributed by atoms with Crippen molar-refractivity contribution in [3.63, 3.8) is 0 Å². The monoisotopic (exact) mass is 338 g/mol. The fraction of sp³-hybridized carbons (Fsp3) is 0.300. The number of carbonyl (C=O) groups excluding carboxylic acids is 2. The standard InChI is InChI=1S/C20H22N2O3/c1-4-25-16-9-7-15(8-10-16)21-17-12-19(23)22(20(17)24)18-11-13(2)5-6-14(18)3/h5-11,17,21H,4,12H2,1-3H3/t17-/m0/s1. The zero-order chi connectivity index (χ0) is 18.0. The summed E-state index contributed by atoms with van der Waals surface area (Å²) in [5, 5.41) is 3.16. The lowest BCUT2D eigenvalue weighted by atomic mass is 10.1. The molecule has 25 heavy (non-hydrogen) atoms. The molecule has 0 bridgehead atoms. The number of hydrogen-bond acceptors (Lipinski definition) is 4. The number of nitrogens with zero attached hydrogens (tertiary/aromatic N) is 1. The topological polar surface area (TPSA) is 58.6 Å². The Morgan fingerprint density at radius 2 is 1.84 bits per heavy atom. The molecular weight excluding hydrogens is 316 g/mol. The highest BCUT2D eigenvalue weighted by Crippen LogP contribution is 2.29. The van der Waals surface area contributed by atoms with Crippen LogP contribution in [0.3, 0.4) is 0 Å². The lowest BCUT2D eigenvalue weighted by Crippen LogP contribution is -2.35. The summed E-state index contributed by atoms with van der Waals surface area (Å²) >= 11 is 0. The number of hydrogen-bond donors (Lipinski definition) is 1. The van der Waals surface area contributed by atoms with Crippen LogP contribution >= 0.6 is 0 Å². The molecule has 1 fully saturated rings. The van der Waals surface area contributed by atoms with Crippen LogP contribution in [-0.4, -0.2) is 24.5 Å². The first-order chi connectivity index (χ1) is 12.0. The third kappa shape index (κ3) is 3.50. The second-order valence-electron chi connectivity index (χ2n) is 6.22. The third-order valence-electron chi connectivity index (χ3n) is 4.26. The van der Waals surface area contributed by atoms with Gasteiger partial charge in [0.15, 0.2) is 0 Å². The van der Waals surface area contributed by atoms with Gasteiger partial charge in [0.2, 0.25) is 5.91 Å². The molecule has 5 nitrogen and oxygen atoms in total. The van der Waals surface area contributed by atoms with Crippen LogP contribution in [0.2, 0.25) is 0 Å². The molecule has 1 saturated heterocycles. The summed E-state index contributed by atoms with van der Waals surface area (Å²) in [6, 6.07) is 12.6. The van der Waals surface area contributed by atoms with Crippen LogP contribution in [0, 0.1) is 13.8 Å². The number of carbonyl (C=O) groups is 2. The number of benzene rings is 2. The highest BCUT2D eigenvalue weighted by Gasteiger charge is 2.40. The van der Waals surface area contributed by atoms with Gasteiger partial charge < -0.3 is 10.1 Å². The van der Waals surface area contributed by atoms with Gasteiger partial charge >= 0.3 is 0 Å². The molecule has 3 rings (SSSR count). The van der Waals surface area contributed by atoms with Crippen molar-refractivity contribution in [2.75, 3.05) is 16.8 Å². The number of ether oxygens (including phenoxy) is 1. The van der Waals surface area contributed by atoms with Crippen LogP contribution in [0.4, 0.5) is 11.4 Å². The number of rotatable bonds is 5. The van der Waals surface area contributed by atoms with E-state index >= 15 is 0 Å². The van der Waals surface area contributed by atoms with E-state index in [1.54, 1.807) is 0 Å². The van der Waals surface area contributed by atoms with Gasteiger partial charge in [0.25, 0.3) is 5.91 Å². The van der Waals surface area contributed by atoms with Gasteiger partial charge in [-0.3, -0.25) is 9.59 Å². The van der Waals surface area contributed by atoms with Crippen molar-refractivity contribution in [1.82, 2.24) is 0 Å². The fourth-order valence-corrected chi connectivity index (χ4v) is 2.97. The molecule has 1 aliphatic rings. The van der Waals surface area contributed by atoms with Gasteiger partial charge in [-0.1, -0.05) is 12.1 Å². The number of nitrogens with one attached hydrogen (secondary N) is 1. The smallest absolute Gasteiger partial charge is 0.256 e. The molecule has 130 valence electrons. The third-order valence-corrected chi connectivity index (χ3v) is 4.26. The van der Waals surface area contributed by atoms with E-state index in [-0.39, 0.29) is 18.2 Å². The van der Waals surface area contributed by atoms with Gasteiger partial charge in [-0.25, -0.2) is 4.90 Å². The van der Waals surface area contributed by atoms with E-state index in [4.69, 9.17) is 4.74 Å². The van der Waals surface area contributed by atoms with Crippen molar-refractivity contribution < 1.29 is 14.3 Å². The van der Waals surface area contributed by atoms with E-state index in [0.29, 0.717) is 12.3 Å². The van der Waals surface area contributed by atoms with Crippen molar-refractivity contribution in [2.24, 2.45) is 0 Å². The molecule has 5 heteroatoms. The van der Waals surface area contributed by atoms with E-state index in [1.165, 1.54) is 4.90 Å². The van der Waals surface area contributed by atoms with Crippen LogP contribution in [0.25, 0.3) is 0 Å². The average molecular weight is 338 g/mol. The van der Waals surface area contributed by atoms with Gasteiger partial charge in [-0.15, -0.1) is 0 Å². The van der Waals surface area contributed by atoms with Crippen LogP contribution in [0.1, 0.15) is 24.5 Å². The Labute approximate surface area is 147 Å². The number of imide groups is 1. The summed E-state index contributed by atoms with van der Waals surface area (Å²) in [6.07, 6.45) is 0.152. The minimum Gasteiger partial charge on any atom is -0.494 e. The summed E-state index contributed by atoms with van der Waals surface area (Å²) in [5.41, 5.74) is 3.39. The zero-order valence-corrected chi connectivity index (χ0v) is 14.7. The second kappa shape index (κ2) is 6.97. The molecule has 0 radical (unpaired) electrons. The van der Waals surface area contributed by atoms with E-state index in [0.717, 1.165) is 22.6 Å². The molecule has 2 aromatic carbocycles. The van der Waals surface area contributed by atoms with Crippen molar-refractivity contribution in [2.45, 2.75) is 33.2 Å². The Morgan fingerprint density at radius 3 is 2.52 bits per heavy atom. The molecule has 2 aromatic rings. The lowest BCUT2D eigenvalue weighted by Gasteiger charge is -2.18. The Bertz CT molecular complexity index is 799. The zero-order valence-electron chi connectivity index (χ0n) is 14.7. The van der Waals surface area contributed by atoms with Gasteiger partial charge in [-0.05, 0) is 62.2 Å². The summed E-state index contributed by atoms with van der Waals surface area (Å²) < 4.78 is 5.41. The highest BCUT2D eigenvalue weighted by atomic mass is 16.5. The van der Waals surface area contributed by atoms with Gasteiger partial charge in [0.1, 0.15) is 11.8 Å². The van der Waals surface area contributed by atoms with Crippen molar-refractivity contribution in [1.29, 1.82) is 0 Å². The molecule has 1 aliphatic heterocycles. The van der Waals surface area contributed by atoms with Crippen molar-refractivity contribution in [3.8, 4) is 5.75 Å². The summed E-state index contributed by atoms with van der Waals surface area (Å²) in [7, 11) is 0.